The molecule has 90 valence electrons. The maximum absolute atomic E-state index is 11.0. The standard InChI is InChI=1S/C13H14O4/c1-3-4-11-7-10(8-14)5-6-12(11)17-9-13(15)16-2/h3,5-8H,1,4,9H2,2H3. The summed E-state index contributed by atoms with van der Waals surface area (Å²) in [6, 6.07) is 5.00. The topological polar surface area (TPSA) is 52.6 Å². The predicted molar refractivity (Wildman–Crippen MR) is 63.2 cm³/mol. The Labute approximate surface area is 99.8 Å². The van der Waals surface area contributed by atoms with Gasteiger partial charge in [0.25, 0.3) is 0 Å². The molecule has 4 heteroatoms. The van der Waals surface area contributed by atoms with Gasteiger partial charge >= 0.3 is 5.97 Å². The first-order chi connectivity index (χ1) is 8.21. The molecular formula is C13H14O4. The Hall–Kier alpha value is -2.10. The molecule has 0 saturated heterocycles. The van der Waals surface area contributed by atoms with Crippen LogP contribution in [0.3, 0.4) is 0 Å². The van der Waals surface area contributed by atoms with Crippen LogP contribution in [0.5, 0.6) is 5.75 Å². The van der Waals surface area contributed by atoms with E-state index in [4.69, 9.17) is 4.74 Å². The van der Waals surface area contributed by atoms with Gasteiger partial charge in [0.15, 0.2) is 6.61 Å². The fourth-order valence-electron chi connectivity index (χ4n) is 1.32. The normalized spacial score (nSPS) is 9.47. The Morgan fingerprint density at radius 3 is 2.82 bits per heavy atom. The van der Waals surface area contributed by atoms with Crippen LogP contribution in [0.25, 0.3) is 0 Å². The number of carbonyl (C=O) groups is 2. The Morgan fingerprint density at radius 2 is 2.24 bits per heavy atom. The van der Waals surface area contributed by atoms with Crippen LogP contribution in [0, 0.1) is 0 Å². The summed E-state index contributed by atoms with van der Waals surface area (Å²) in [5, 5.41) is 0. The van der Waals surface area contributed by atoms with Crippen LogP contribution in [0.15, 0.2) is 30.9 Å². The predicted octanol–water partition coefficient (Wildman–Crippen LogP) is 1.78. The summed E-state index contributed by atoms with van der Waals surface area (Å²) in [5.41, 5.74) is 1.38. The quantitative estimate of drug-likeness (QED) is 0.427. The summed E-state index contributed by atoms with van der Waals surface area (Å²) in [7, 11) is 1.30. The number of benzene rings is 1. The van der Waals surface area contributed by atoms with E-state index in [-0.39, 0.29) is 6.61 Å². The van der Waals surface area contributed by atoms with Gasteiger partial charge in [-0.05, 0) is 30.2 Å². The number of esters is 1. The highest BCUT2D eigenvalue weighted by Gasteiger charge is 2.07. The minimum Gasteiger partial charge on any atom is -0.482 e. The molecule has 0 aliphatic carbocycles. The summed E-state index contributed by atoms with van der Waals surface area (Å²) >= 11 is 0. The lowest BCUT2D eigenvalue weighted by molar-refractivity contribution is -0.142. The highest BCUT2D eigenvalue weighted by atomic mass is 16.6. The van der Waals surface area contributed by atoms with E-state index >= 15 is 0 Å². The zero-order valence-corrected chi connectivity index (χ0v) is 9.64. The smallest absolute Gasteiger partial charge is 0.343 e. The number of rotatable bonds is 6. The van der Waals surface area contributed by atoms with E-state index in [0.717, 1.165) is 11.8 Å². The Bertz CT molecular complexity index is 423. The summed E-state index contributed by atoms with van der Waals surface area (Å²) in [4.78, 5) is 21.6. The summed E-state index contributed by atoms with van der Waals surface area (Å²) < 4.78 is 9.78. The molecule has 0 bridgehead atoms. The van der Waals surface area contributed by atoms with Crippen LogP contribution in [-0.4, -0.2) is 26.0 Å². The van der Waals surface area contributed by atoms with Crippen molar-refractivity contribution in [1.29, 1.82) is 0 Å². The van der Waals surface area contributed by atoms with E-state index < -0.39 is 5.97 Å². The van der Waals surface area contributed by atoms with Gasteiger partial charge in [0.05, 0.1) is 7.11 Å². The molecule has 1 aromatic carbocycles. The van der Waals surface area contributed by atoms with Crippen molar-refractivity contribution in [2.45, 2.75) is 6.42 Å². The van der Waals surface area contributed by atoms with Gasteiger partial charge in [-0.1, -0.05) is 6.08 Å². The second-order valence-electron chi connectivity index (χ2n) is 3.34. The molecule has 0 amide bonds. The van der Waals surface area contributed by atoms with Gasteiger partial charge in [-0.25, -0.2) is 4.79 Å². The van der Waals surface area contributed by atoms with Crippen molar-refractivity contribution < 1.29 is 19.1 Å². The fourth-order valence-corrected chi connectivity index (χ4v) is 1.32. The molecule has 4 nitrogen and oxygen atoms in total. The van der Waals surface area contributed by atoms with Crippen molar-refractivity contribution in [2.75, 3.05) is 13.7 Å². The van der Waals surface area contributed by atoms with Crippen LogP contribution in [0.4, 0.5) is 0 Å². The molecule has 0 heterocycles. The molecule has 0 aliphatic rings. The largest absolute Gasteiger partial charge is 0.482 e. The monoisotopic (exact) mass is 234 g/mol. The lowest BCUT2D eigenvalue weighted by Crippen LogP contribution is -2.13. The van der Waals surface area contributed by atoms with Crippen LogP contribution < -0.4 is 4.74 Å². The van der Waals surface area contributed by atoms with Gasteiger partial charge in [-0.2, -0.15) is 0 Å². The zero-order valence-electron chi connectivity index (χ0n) is 9.64. The first kappa shape index (κ1) is 13.0. The maximum Gasteiger partial charge on any atom is 0.343 e. The second kappa shape index (κ2) is 6.48. The third kappa shape index (κ3) is 3.75. The number of allylic oxidation sites excluding steroid dienone is 1. The lowest BCUT2D eigenvalue weighted by Gasteiger charge is -2.09. The molecule has 1 rings (SSSR count). The van der Waals surface area contributed by atoms with E-state index in [1.165, 1.54) is 7.11 Å². The first-order valence-electron chi connectivity index (χ1n) is 5.10. The zero-order chi connectivity index (χ0) is 12.7. The number of carbonyl (C=O) groups excluding carboxylic acids is 2. The van der Waals surface area contributed by atoms with Crippen molar-refractivity contribution in [3.63, 3.8) is 0 Å². The molecule has 0 spiro atoms. The van der Waals surface area contributed by atoms with Gasteiger partial charge in [0, 0.05) is 5.56 Å². The highest BCUT2D eigenvalue weighted by Crippen LogP contribution is 2.20. The summed E-state index contributed by atoms with van der Waals surface area (Å²) in [5.74, 6) is 0.106. The number of aldehydes is 1. The molecule has 0 aromatic heterocycles. The molecular weight excluding hydrogens is 220 g/mol. The van der Waals surface area contributed by atoms with E-state index in [2.05, 4.69) is 11.3 Å². The molecule has 0 N–H and O–H groups in total. The molecule has 17 heavy (non-hydrogen) atoms. The molecule has 0 radical (unpaired) electrons. The van der Waals surface area contributed by atoms with Crippen LogP contribution in [0.1, 0.15) is 15.9 Å². The third-order valence-electron chi connectivity index (χ3n) is 2.16. The van der Waals surface area contributed by atoms with Crippen molar-refractivity contribution in [2.24, 2.45) is 0 Å². The number of methoxy groups -OCH3 is 1. The Balaban J connectivity index is 2.85. The number of hydrogen-bond donors (Lipinski definition) is 0. The number of hydrogen-bond acceptors (Lipinski definition) is 4. The van der Waals surface area contributed by atoms with Gasteiger partial charge in [-0.15, -0.1) is 6.58 Å². The van der Waals surface area contributed by atoms with Gasteiger partial charge in [0.2, 0.25) is 0 Å². The lowest BCUT2D eigenvalue weighted by atomic mass is 10.1. The molecule has 0 atom stereocenters. The average Bonchev–Trinajstić information content (AvgIpc) is 2.37. The maximum atomic E-state index is 11.0. The molecule has 1 aromatic rings. The van der Waals surface area contributed by atoms with Crippen molar-refractivity contribution in [3.8, 4) is 5.75 Å². The Morgan fingerprint density at radius 1 is 1.47 bits per heavy atom. The second-order valence-corrected chi connectivity index (χ2v) is 3.34. The van der Waals surface area contributed by atoms with E-state index in [1.807, 2.05) is 0 Å². The Kier molecular flexibility index (Phi) is 4.94. The average molecular weight is 234 g/mol. The van der Waals surface area contributed by atoms with Crippen LogP contribution in [0.2, 0.25) is 0 Å². The highest BCUT2D eigenvalue weighted by molar-refractivity contribution is 5.76. The van der Waals surface area contributed by atoms with E-state index in [0.29, 0.717) is 17.7 Å². The third-order valence-corrected chi connectivity index (χ3v) is 2.16. The van der Waals surface area contributed by atoms with Gasteiger partial charge in [-0.3, -0.25) is 4.79 Å². The molecule has 0 saturated carbocycles. The van der Waals surface area contributed by atoms with Crippen molar-refractivity contribution in [3.05, 3.63) is 42.0 Å². The fraction of sp³-hybridized carbons (Fsp3) is 0.231. The van der Waals surface area contributed by atoms with Crippen LogP contribution in [-0.2, 0) is 16.0 Å². The van der Waals surface area contributed by atoms with E-state index in [9.17, 15) is 9.59 Å². The summed E-state index contributed by atoms with van der Waals surface area (Å²) in [6.07, 6.45) is 3.03. The minimum atomic E-state index is -0.450. The minimum absolute atomic E-state index is 0.152. The SMILES string of the molecule is C=CCc1cc(C=O)ccc1OCC(=O)OC. The van der Waals surface area contributed by atoms with Crippen molar-refractivity contribution in [1.82, 2.24) is 0 Å². The first-order valence-corrected chi connectivity index (χ1v) is 5.10. The van der Waals surface area contributed by atoms with Gasteiger partial charge in [0.1, 0.15) is 12.0 Å². The van der Waals surface area contributed by atoms with Crippen LogP contribution >= 0.6 is 0 Å². The van der Waals surface area contributed by atoms with E-state index in [1.54, 1.807) is 24.3 Å². The van der Waals surface area contributed by atoms with Gasteiger partial charge < -0.3 is 9.47 Å². The summed E-state index contributed by atoms with van der Waals surface area (Å²) in [6.45, 7) is 3.48. The molecule has 0 aliphatic heterocycles. The number of ether oxygens (including phenoxy) is 2. The van der Waals surface area contributed by atoms with Crippen molar-refractivity contribution >= 4 is 12.3 Å². The molecule has 0 fully saturated rings. The molecule has 0 unspecified atom stereocenters.